The standard InChI is InChI=1S/C15H17NO2S/c1-10-4-5-12(13(17)8-10)15(18)16(3)9-14-11(2)6-7-19-14/h4-8,17H,9H2,1-3H3. The minimum Gasteiger partial charge on any atom is -0.507 e. The van der Waals surface area contributed by atoms with Gasteiger partial charge in [-0.3, -0.25) is 4.79 Å². The molecule has 0 aliphatic heterocycles. The van der Waals surface area contributed by atoms with E-state index in [1.54, 1.807) is 35.4 Å². The Morgan fingerprint density at radius 2 is 2.05 bits per heavy atom. The fraction of sp³-hybridized carbons (Fsp3) is 0.267. The quantitative estimate of drug-likeness (QED) is 0.933. The van der Waals surface area contributed by atoms with Crippen molar-refractivity contribution < 1.29 is 9.90 Å². The van der Waals surface area contributed by atoms with Gasteiger partial charge in [0.05, 0.1) is 12.1 Å². The van der Waals surface area contributed by atoms with Crippen LogP contribution in [0.25, 0.3) is 0 Å². The summed E-state index contributed by atoms with van der Waals surface area (Å²) in [5.74, 6) is -0.120. The molecule has 0 fully saturated rings. The predicted molar refractivity (Wildman–Crippen MR) is 77.7 cm³/mol. The smallest absolute Gasteiger partial charge is 0.257 e. The van der Waals surface area contributed by atoms with Crippen LogP contribution in [0.15, 0.2) is 29.6 Å². The van der Waals surface area contributed by atoms with Crippen LogP contribution in [0.5, 0.6) is 5.75 Å². The molecule has 1 N–H and O–H groups in total. The van der Waals surface area contributed by atoms with Crippen molar-refractivity contribution in [1.29, 1.82) is 0 Å². The van der Waals surface area contributed by atoms with Crippen molar-refractivity contribution >= 4 is 17.2 Å². The van der Waals surface area contributed by atoms with Crippen molar-refractivity contribution in [2.75, 3.05) is 7.05 Å². The Morgan fingerprint density at radius 1 is 1.32 bits per heavy atom. The van der Waals surface area contributed by atoms with Gasteiger partial charge in [0.2, 0.25) is 0 Å². The lowest BCUT2D eigenvalue weighted by molar-refractivity contribution is 0.0783. The number of hydrogen-bond donors (Lipinski definition) is 1. The summed E-state index contributed by atoms with van der Waals surface area (Å²) in [5.41, 5.74) is 2.48. The van der Waals surface area contributed by atoms with Crippen LogP contribution in [0.2, 0.25) is 0 Å². The maximum Gasteiger partial charge on any atom is 0.257 e. The van der Waals surface area contributed by atoms with E-state index >= 15 is 0 Å². The van der Waals surface area contributed by atoms with Gasteiger partial charge < -0.3 is 10.0 Å². The molecule has 2 aromatic rings. The van der Waals surface area contributed by atoms with Crippen molar-refractivity contribution in [1.82, 2.24) is 4.90 Å². The third-order valence-electron chi connectivity index (χ3n) is 3.08. The Hall–Kier alpha value is -1.81. The van der Waals surface area contributed by atoms with E-state index in [0.29, 0.717) is 12.1 Å². The van der Waals surface area contributed by atoms with Crippen LogP contribution in [-0.2, 0) is 6.54 Å². The number of rotatable bonds is 3. The summed E-state index contributed by atoms with van der Waals surface area (Å²) in [5, 5.41) is 11.9. The lowest BCUT2D eigenvalue weighted by Gasteiger charge is -2.17. The first-order chi connectivity index (χ1) is 8.99. The number of amides is 1. The van der Waals surface area contributed by atoms with Gasteiger partial charge in [-0.05, 0) is 48.6 Å². The molecule has 2 rings (SSSR count). The number of carbonyl (C=O) groups is 1. The molecule has 0 atom stereocenters. The monoisotopic (exact) mass is 275 g/mol. The molecule has 0 saturated carbocycles. The molecule has 100 valence electrons. The van der Waals surface area contributed by atoms with E-state index in [4.69, 9.17) is 0 Å². The highest BCUT2D eigenvalue weighted by molar-refractivity contribution is 7.10. The van der Waals surface area contributed by atoms with Crippen molar-refractivity contribution in [2.24, 2.45) is 0 Å². The first-order valence-electron chi connectivity index (χ1n) is 6.07. The second-order valence-corrected chi connectivity index (χ2v) is 5.71. The Balaban J connectivity index is 2.17. The molecule has 1 amide bonds. The summed E-state index contributed by atoms with van der Waals surface area (Å²) in [6, 6.07) is 7.15. The highest BCUT2D eigenvalue weighted by Gasteiger charge is 2.16. The van der Waals surface area contributed by atoms with Crippen molar-refractivity contribution in [3.63, 3.8) is 0 Å². The first kappa shape index (κ1) is 13.6. The van der Waals surface area contributed by atoms with Gasteiger partial charge in [-0.1, -0.05) is 6.07 Å². The van der Waals surface area contributed by atoms with Gasteiger partial charge in [-0.15, -0.1) is 11.3 Å². The number of aryl methyl sites for hydroxylation is 2. The van der Waals surface area contributed by atoms with Crippen molar-refractivity contribution in [3.05, 3.63) is 51.2 Å². The molecule has 3 nitrogen and oxygen atoms in total. The van der Waals surface area contributed by atoms with Crippen molar-refractivity contribution in [2.45, 2.75) is 20.4 Å². The zero-order valence-corrected chi connectivity index (χ0v) is 12.1. The van der Waals surface area contributed by atoms with Crippen LogP contribution < -0.4 is 0 Å². The number of phenolic OH excluding ortho intramolecular Hbond substituents is 1. The second kappa shape index (κ2) is 5.45. The van der Waals surface area contributed by atoms with Crippen LogP contribution in [0.3, 0.4) is 0 Å². The number of thiophene rings is 1. The Labute approximate surface area is 117 Å². The summed E-state index contributed by atoms with van der Waals surface area (Å²) in [4.78, 5) is 15.1. The van der Waals surface area contributed by atoms with Gasteiger partial charge in [-0.25, -0.2) is 0 Å². The fourth-order valence-corrected chi connectivity index (χ4v) is 2.84. The number of benzene rings is 1. The summed E-state index contributed by atoms with van der Waals surface area (Å²) >= 11 is 1.64. The maximum absolute atomic E-state index is 12.3. The van der Waals surface area contributed by atoms with Gasteiger partial charge in [0.25, 0.3) is 5.91 Å². The summed E-state index contributed by atoms with van der Waals surface area (Å²) in [6.07, 6.45) is 0. The zero-order valence-electron chi connectivity index (χ0n) is 11.3. The topological polar surface area (TPSA) is 40.5 Å². The highest BCUT2D eigenvalue weighted by Crippen LogP contribution is 2.22. The van der Waals surface area contributed by atoms with Crippen molar-refractivity contribution in [3.8, 4) is 5.75 Å². The Bertz CT molecular complexity index is 604. The van der Waals surface area contributed by atoms with E-state index in [-0.39, 0.29) is 11.7 Å². The molecule has 19 heavy (non-hydrogen) atoms. The summed E-state index contributed by atoms with van der Waals surface area (Å²) in [6.45, 7) is 4.48. The molecule has 0 saturated heterocycles. The first-order valence-corrected chi connectivity index (χ1v) is 6.95. The fourth-order valence-electron chi connectivity index (χ4n) is 1.88. The van der Waals surface area contributed by atoms with Crippen LogP contribution in [0, 0.1) is 13.8 Å². The Morgan fingerprint density at radius 3 is 2.63 bits per heavy atom. The molecule has 0 aliphatic carbocycles. The van der Waals surface area contributed by atoms with Gasteiger partial charge >= 0.3 is 0 Å². The van der Waals surface area contributed by atoms with E-state index in [1.807, 2.05) is 31.4 Å². The largest absolute Gasteiger partial charge is 0.507 e. The Kier molecular flexibility index (Phi) is 3.90. The highest BCUT2D eigenvalue weighted by atomic mass is 32.1. The lowest BCUT2D eigenvalue weighted by Crippen LogP contribution is -2.26. The summed E-state index contributed by atoms with van der Waals surface area (Å²) < 4.78 is 0. The van der Waals surface area contributed by atoms with E-state index in [9.17, 15) is 9.90 Å². The van der Waals surface area contributed by atoms with E-state index in [0.717, 1.165) is 5.56 Å². The molecule has 0 unspecified atom stereocenters. The lowest BCUT2D eigenvalue weighted by atomic mass is 10.1. The molecule has 1 aromatic carbocycles. The molecule has 0 bridgehead atoms. The van der Waals surface area contributed by atoms with E-state index in [1.165, 1.54) is 10.4 Å². The van der Waals surface area contributed by atoms with Gasteiger partial charge in [-0.2, -0.15) is 0 Å². The molecule has 0 radical (unpaired) electrons. The van der Waals surface area contributed by atoms with Crippen LogP contribution in [0.1, 0.15) is 26.4 Å². The molecular formula is C15H17NO2S. The second-order valence-electron chi connectivity index (χ2n) is 4.71. The minimum atomic E-state index is -0.162. The average molecular weight is 275 g/mol. The average Bonchev–Trinajstić information content (AvgIpc) is 2.74. The molecule has 0 spiro atoms. The van der Waals surface area contributed by atoms with E-state index in [2.05, 4.69) is 0 Å². The summed E-state index contributed by atoms with van der Waals surface area (Å²) in [7, 11) is 1.75. The molecular weight excluding hydrogens is 258 g/mol. The third kappa shape index (κ3) is 2.96. The van der Waals surface area contributed by atoms with Crippen LogP contribution in [0.4, 0.5) is 0 Å². The number of hydrogen-bond acceptors (Lipinski definition) is 3. The predicted octanol–water partition coefficient (Wildman–Crippen LogP) is 3.34. The van der Waals surface area contributed by atoms with Crippen LogP contribution >= 0.6 is 11.3 Å². The van der Waals surface area contributed by atoms with Gasteiger partial charge in [0, 0.05) is 11.9 Å². The zero-order chi connectivity index (χ0) is 14.0. The molecule has 1 heterocycles. The van der Waals surface area contributed by atoms with Crippen LogP contribution in [-0.4, -0.2) is 23.0 Å². The minimum absolute atomic E-state index is 0.0414. The number of nitrogens with zero attached hydrogens (tertiary/aromatic N) is 1. The van der Waals surface area contributed by atoms with Gasteiger partial charge in [0.15, 0.2) is 0 Å². The molecule has 0 aliphatic rings. The SMILES string of the molecule is Cc1ccc(C(=O)N(C)Cc2sccc2C)c(O)c1. The molecule has 4 heteroatoms. The number of phenols is 1. The maximum atomic E-state index is 12.3. The van der Waals surface area contributed by atoms with E-state index < -0.39 is 0 Å². The normalized spacial score (nSPS) is 10.5. The number of carbonyl (C=O) groups excluding carboxylic acids is 1. The number of aromatic hydroxyl groups is 1. The third-order valence-corrected chi connectivity index (χ3v) is 4.09. The molecule has 1 aromatic heterocycles. The van der Waals surface area contributed by atoms with Gasteiger partial charge in [0.1, 0.15) is 5.75 Å².